The van der Waals surface area contributed by atoms with Crippen molar-refractivity contribution in [3.63, 3.8) is 0 Å². The molecule has 0 aliphatic heterocycles. The first-order valence-electron chi connectivity index (χ1n) is 7.40. The van der Waals surface area contributed by atoms with E-state index in [1.807, 2.05) is 0 Å². The van der Waals surface area contributed by atoms with Gasteiger partial charge in [0.1, 0.15) is 18.4 Å². The van der Waals surface area contributed by atoms with Gasteiger partial charge in [0.2, 0.25) is 5.91 Å². The molecule has 1 unspecified atom stereocenters. The Balaban J connectivity index is 2.22. The van der Waals surface area contributed by atoms with Gasteiger partial charge in [-0.3, -0.25) is 19.6 Å². The molecule has 1 atom stereocenters. The fourth-order valence-electron chi connectivity index (χ4n) is 2.15. The number of hydrogen-bond donors (Lipinski definition) is 1. The van der Waals surface area contributed by atoms with Gasteiger partial charge in [-0.15, -0.1) is 0 Å². The molecular weight excluding hydrogens is 418 g/mol. The molecule has 0 bridgehead atoms. The molecule has 140 valence electrons. The molecule has 0 aliphatic rings. The summed E-state index contributed by atoms with van der Waals surface area (Å²) in [5.74, 6) is -0.621. The highest BCUT2D eigenvalue weighted by atomic mass is 79.9. The van der Waals surface area contributed by atoms with Crippen molar-refractivity contribution in [1.29, 1.82) is 0 Å². The Bertz CT molecular complexity index is 828. The highest BCUT2D eigenvalue weighted by molar-refractivity contribution is 9.10. The van der Waals surface area contributed by atoms with Crippen molar-refractivity contribution in [3.05, 3.63) is 44.7 Å². The van der Waals surface area contributed by atoms with Crippen LogP contribution >= 0.6 is 15.9 Å². The van der Waals surface area contributed by atoms with E-state index in [0.717, 1.165) is 22.3 Å². The average Bonchev–Trinajstić information content (AvgIpc) is 2.91. The highest BCUT2D eigenvalue weighted by Gasteiger charge is 2.20. The minimum Gasteiger partial charge on any atom is -0.487 e. The Morgan fingerprint density at radius 2 is 2.15 bits per heavy atom. The van der Waals surface area contributed by atoms with Crippen LogP contribution in [0.25, 0.3) is 0 Å². The van der Waals surface area contributed by atoms with Crippen molar-refractivity contribution in [2.24, 2.45) is 0 Å². The van der Waals surface area contributed by atoms with Crippen molar-refractivity contribution in [2.75, 3.05) is 11.9 Å². The molecule has 0 radical (unpaired) electrons. The van der Waals surface area contributed by atoms with Crippen LogP contribution in [0.3, 0.4) is 0 Å². The quantitative estimate of drug-likeness (QED) is 0.530. The minimum atomic E-state index is -2.73. The summed E-state index contributed by atoms with van der Waals surface area (Å²) in [4.78, 5) is 22.7. The van der Waals surface area contributed by atoms with E-state index >= 15 is 0 Å². The maximum absolute atomic E-state index is 12.4. The number of nitro groups is 1. The molecule has 0 spiro atoms. The van der Waals surface area contributed by atoms with Crippen LogP contribution in [-0.2, 0) is 4.79 Å². The Morgan fingerprint density at radius 3 is 2.69 bits per heavy atom. The van der Waals surface area contributed by atoms with E-state index < -0.39 is 35.6 Å². The number of anilines is 1. The van der Waals surface area contributed by atoms with Crippen LogP contribution < -0.4 is 10.1 Å². The van der Waals surface area contributed by atoms with Crippen molar-refractivity contribution in [3.8, 4) is 5.75 Å². The number of halogens is 3. The molecule has 11 heteroatoms. The van der Waals surface area contributed by atoms with Gasteiger partial charge in [0.05, 0.1) is 33.0 Å². The summed E-state index contributed by atoms with van der Waals surface area (Å²) in [5.41, 5.74) is 0.398. The predicted molar refractivity (Wildman–Crippen MR) is 92.6 cm³/mol. The number of rotatable bonds is 7. The number of nitro benzene ring substituents is 1. The van der Waals surface area contributed by atoms with Gasteiger partial charge >= 0.3 is 0 Å². The lowest BCUT2D eigenvalue weighted by molar-refractivity contribution is -0.384. The summed E-state index contributed by atoms with van der Waals surface area (Å²) in [6.45, 7) is 2.46. The maximum atomic E-state index is 12.4. The number of hydrogen-bond acceptors (Lipinski definition) is 5. The lowest BCUT2D eigenvalue weighted by Gasteiger charge is -2.15. The van der Waals surface area contributed by atoms with Crippen LogP contribution in [0.1, 0.15) is 18.7 Å². The first-order valence-corrected chi connectivity index (χ1v) is 8.19. The van der Waals surface area contributed by atoms with Gasteiger partial charge in [-0.1, -0.05) is 0 Å². The van der Waals surface area contributed by atoms with Gasteiger partial charge in [0, 0.05) is 12.1 Å². The second-order valence-electron chi connectivity index (χ2n) is 5.36. The van der Waals surface area contributed by atoms with Crippen LogP contribution in [0.15, 0.2) is 28.9 Å². The summed E-state index contributed by atoms with van der Waals surface area (Å²) in [7, 11) is 0. The van der Waals surface area contributed by atoms with Gasteiger partial charge < -0.3 is 10.1 Å². The van der Waals surface area contributed by atoms with E-state index in [1.165, 1.54) is 10.7 Å². The second-order valence-corrected chi connectivity index (χ2v) is 6.22. The molecule has 0 fully saturated rings. The SMILES string of the molecule is Cc1c(Br)cnn1C(C)C(=O)Nc1cc(OCC(F)F)cc([N+](=O)[O-])c1. The third-order valence-electron chi connectivity index (χ3n) is 3.48. The molecular formula is C15H15BrF2N4O4. The number of amides is 1. The zero-order valence-electron chi connectivity index (χ0n) is 13.8. The minimum absolute atomic E-state index is 0.0594. The molecule has 8 nitrogen and oxygen atoms in total. The Hall–Kier alpha value is -2.56. The van der Waals surface area contributed by atoms with E-state index in [9.17, 15) is 23.7 Å². The van der Waals surface area contributed by atoms with Crippen LogP contribution in [0.5, 0.6) is 5.75 Å². The van der Waals surface area contributed by atoms with Gasteiger partial charge in [0.15, 0.2) is 0 Å². The van der Waals surface area contributed by atoms with Gasteiger partial charge in [-0.25, -0.2) is 8.78 Å². The molecule has 0 saturated heterocycles. The Labute approximate surface area is 155 Å². The summed E-state index contributed by atoms with van der Waals surface area (Å²) in [5, 5.41) is 17.6. The topological polar surface area (TPSA) is 99.3 Å². The lowest BCUT2D eigenvalue weighted by atomic mass is 10.2. The molecule has 1 aromatic carbocycles. The van der Waals surface area contributed by atoms with E-state index in [0.29, 0.717) is 0 Å². The number of carbonyl (C=O) groups excluding carboxylic acids is 1. The molecule has 1 heterocycles. The van der Waals surface area contributed by atoms with E-state index in [1.54, 1.807) is 20.0 Å². The number of alkyl halides is 2. The Morgan fingerprint density at radius 1 is 1.46 bits per heavy atom. The normalized spacial score (nSPS) is 12.1. The van der Waals surface area contributed by atoms with Crippen LogP contribution in [0, 0.1) is 17.0 Å². The zero-order chi connectivity index (χ0) is 19.4. The Kier molecular flexibility index (Phi) is 6.24. The largest absolute Gasteiger partial charge is 0.487 e. The zero-order valence-corrected chi connectivity index (χ0v) is 15.4. The van der Waals surface area contributed by atoms with Crippen molar-refractivity contribution < 1.29 is 23.2 Å². The van der Waals surface area contributed by atoms with E-state index in [-0.39, 0.29) is 11.4 Å². The van der Waals surface area contributed by atoms with Crippen LogP contribution in [0.2, 0.25) is 0 Å². The number of benzene rings is 1. The summed E-state index contributed by atoms with van der Waals surface area (Å²) in [6, 6.07) is 2.67. The van der Waals surface area contributed by atoms with Crippen molar-refractivity contribution in [2.45, 2.75) is 26.3 Å². The van der Waals surface area contributed by atoms with E-state index in [2.05, 4.69) is 26.3 Å². The summed E-state index contributed by atoms with van der Waals surface area (Å²) in [6.07, 6.45) is -1.18. The highest BCUT2D eigenvalue weighted by Crippen LogP contribution is 2.27. The molecule has 0 aliphatic carbocycles. The summed E-state index contributed by atoms with van der Waals surface area (Å²) >= 11 is 3.30. The third-order valence-corrected chi connectivity index (χ3v) is 4.26. The molecule has 26 heavy (non-hydrogen) atoms. The van der Waals surface area contributed by atoms with Gasteiger partial charge in [-0.2, -0.15) is 5.10 Å². The number of ether oxygens (including phenoxy) is 1. The number of carbonyl (C=O) groups is 1. The molecule has 1 aromatic heterocycles. The molecule has 1 amide bonds. The van der Waals surface area contributed by atoms with Crippen molar-refractivity contribution in [1.82, 2.24) is 9.78 Å². The number of nitrogens with one attached hydrogen (secondary N) is 1. The first kappa shape index (κ1) is 19.8. The van der Waals surface area contributed by atoms with Gasteiger partial charge in [0.25, 0.3) is 12.1 Å². The molecule has 2 rings (SSSR count). The van der Waals surface area contributed by atoms with Crippen molar-refractivity contribution >= 4 is 33.2 Å². The number of aromatic nitrogens is 2. The van der Waals surface area contributed by atoms with Gasteiger partial charge in [-0.05, 0) is 29.8 Å². The third kappa shape index (κ3) is 4.75. The maximum Gasteiger partial charge on any atom is 0.275 e. The monoisotopic (exact) mass is 432 g/mol. The summed E-state index contributed by atoms with van der Waals surface area (Å²) < 4.78 is 31.6. The molecule has 0 saturated carbocycles. The second kappa shape index (κ2) is 8.21. The fourth-order valence-corrected chi connectivity index (χ4v) is 2.43. The fraction of sp³-hybridized carbons (Fsp3) is 0.333. The predicted octanol–water partition coefficient (Wildman–Crippen LogP) is 3.71. The first-order chi connectivity index (χ1) is 12.2. The average molecular weight is 433 g/mol. The number of non-ortho nitro benzene ring substituents is 1. The lowest BCUT2D eigenvalue weighted by Crippen LogP contribution is -2.25. The number of nitrogens with zero attached hydrogens (tertiary/aromatic N) is 3. The van der Waals surface area contributed by atoms with E-state index in [4.69, 9.17) is 4.74 Å². The van der Waals surface area contributed by atoms with Crippen LogP contribution in [-0.4, -0.2) is 33.6 Å². The van der Waals surface area contributed by atoms with Crippen LogP contribution in [0.4, 0.5) is 20.2 Å². The molecule has 1 N–H and O–H groups in total. The molecule has 2 aromatic rings. The standard InChI is InChI=1S/C15H15BrF2N4O4/c1-8-13(16)6-19-21(8)9(2)15(23)20-10-3-11(22(24)25)5-12(4-10)26-7-14(17)18/h3-6,9,14H,7H2,1-2H3,(H,20,23). The smallest absolute Gasteiger partial charge is 0.275 e.